The van der Waals surface area contributed by atoms with Crippen LogP contribution < -0.4 is 15.1 Å². The largest absolute Gasteiger partial charge is 0.357 e. The number of anilines is 3. The SMILES string of the molecule is CCN(CC)c1ccc(NC(=O)C2CC(=O)N(c3cc(F)cc(F)c3)C2)cn1. The Hall–Kier alpha value is -3.03. The van der Waals surface area contributed by atoms with E-state index in [0.29, 0.717) is 5.69 Å². The molecule has 2 aromatic rings. The van der Waals surface area contributed by atoms with Gasteiger partial charge in [-0.2, -0.15) is 0 Å². The first-order valence-electron chi connectivity index (χ1n) is 9.19. The third-order valence-electron chi connectivity index (χ3n) is 4.76. The summed E-state index contributed by atoms with van der Waals surface area (Å²) in [6.45, 7) is 5.80. The highest BCUT2D eigenvalue weighted by Crippen LogP contribution is 2.27. The van der Waals surface area contributed by atoms with Gasteiger partial charge in [0.1, 0.15) is 17.5 Å². The molecule has 0 spiro atoms. The summed E-state index contributed by atoms with van der Waals surface area (Å²) in [6.07, 6.45) is 1.55. The number of carbonyl (C=O) groups excluding carboxylic acids is 2. The maximum absolute atomic E-state index is 13.4. The van der Waals surface area contributed by atoms with Crippen molar-refractivity contribution in [3.05, 3.63) is 48.2 Å². The number of nitrogens with zero attached hydrogens (tertiary/aromatic N) is 3. The molecule has 1 aromatic heterocycles. The summed E-state index contributed by atoms with van der Waals surface area (Å²) >= 11 is 0. The van der Waals surface area contributed by atoms with Crippen LogP contribution in [0.4, 0.5) is 26.0 Å². The number of hydrogen-bond donors (Lipinski definition) is 1. The fourth-order valence-electron chi connectivity index (χ4n) is 3.27. The molecule has 1 aliphatic rings. The Kier molecular flexibility index (Phi) is 5.87. The zero-order chi connectivity index (χ0) is 20.3. The molecule has 3 rings (SSSR count). The van der Waals surface area contributed by atoms with Crippen molar-refractivity contribution < 1.29 is 18.4 Å². The second-order valence-electron chi connectivity index (χ2n) is 6.60. The number of carbonyl (C=O) groups is 2. The van der Waals surface area contributed by atoms with Gasteiger partial charge in [0, 0.05) is 37.8 Å². The van der Waals surface area contributed by atoms with Crippen LogP contribution in [0.3, 0.4) is 0 Å². The van der Waals surface area contributed by atoms with Crippen molar-refractivity contribution in [2.24, 2.45) is 5.92 Å². The van der Waals surface area contributed by atoms with Gasteiger partial charge in [0.2, 0.25) is 11.8 Å². The third-order valence-corrected chi connectivity index (χ3v) is 4.76. The van der Waals surface area contributed by atoms with Gasteiger partial charge in [-0.15, -0.1) is 0 Å². The molecule has 1 atom stereocenters. The van der Waals surface area contributed by atoms with E-state index in [9.17, 15) is 18.4 Å². The number of nitrogens with one attached hydrogen (secondary N) is 1. The zero-order valence-electron chi connectivity index (χ0n) is 15.8. The highest BCUT2D eigenvalue weighted by atomic mass is 19.1. The number of amides is 2. The lowest BCUT2D eigenvalue weighted by atomic mass is 10.1. The average molecular weight is 388 g/mol. The van der Waals surface area contributed by atoms with Crippen LogP contribution in [0.2, 0.25) is 0 Å². The minimum atomic E-state index is -0.768. The number of pyridine rings is 1. The molecule has 0 saturated carbocycles. The van der Waals surface area contributed by atoms with Crippen molar-refractivity contribution in [3.8, 4) is 0 Å². The van der Waals surface area contributed by atoms with Crippen LogP contribution in [0, 0.1) is 17.6 Å². The van der Waals surface area contributed by atoms with Gasteiger partial charge in [0.05, 0.1) is 17.8 Å². The maximum Gasteiger partial charge on any atom is 0.229 e. The van der Waals surface area contributed by atoms with Gasteiger partial charge >= 0.3 is 0 Å². The van der Waals surface area contributed by atoms with Crippen molar-refractivity contribution in [1.29, 1.82) is 0 Å². The summed E-state index contributed by atoms with van der Waals surface area (Å²) in [6, 6.07) is 6.48. The van der Waals surface area contributed by atoms with Crippen LogP contribution >= 0.6 is 0 Å². The van der Waals surface area contributed by atoms with Crippen LogP contribution in [0.5, 0.6) is 0 Å². The van der Waals surface area contributed by atoms with Crippen LogP contribution in [-0.2, 0) is 9.59 Å². The summed E-state index contributed by atoms with van der Waals surface area (Å²) in [4.78, 5) is 32.4. The molecule has 8 heteroatoms. The minimum absolute atomic E-state index is 0.0189. The molecule has 1 unspecified atom stereocenters. The predicted molar refractivity (Wildman–Crippen MR) is 103 cm³/mol. The van der Waals surface area contributed by atoms with Gasteiger partial charge in [-0.3, -0.25) is 9.59 Å². The highest BCUT2D eigenvalue weighted by Gasteiger charge is 2.35. The molecule has 0 radical (unpaired) electrons. The Balaban J connectivity index is 1.66. The van der Waals surface area contributed by atoms with Crippen molar-refractivity contribution in [2.75, 3.05) is 34.8 Å². The lowest BCUT2D eigenvalue weighted by Gasteiger charge is -2.20. The van der Waals surface area contributed by atoms with Crippen LogP contribution in [0.15, 0.2) is 36.5 Å². The number of halogens is 2. The summed E-state index contributed by atoms with van der Waals surface area (Å²) < 4.78 is 26.8. The first-order valence-corrected chi connectivity index (χ1v) is 9.19. The molecule has 2 heterocycles. The summed E-state index contributed by atoms with van der Waals surface area (Å²) in [5.74, 6) is -2.00. The van der Waals surface area contributed by atoms with E-state index in [0.717, 1.165) is 37.1 Å². The fourth-order valence-corrected chi connectivity index (χ4v) is 3.27. The highest BCUT2D eigenvalue weighted by molar-refractivity contribution is 6.03. The van der Waals surface area contributed by atoms with Gasteiger partial charge in [-0.05, 0) is 38.1 Å². The van der Waals surface area contributed by atoms with Gasteiger partial charge in [-0.1, -0.05) is 0 Å². The summed E-state index contributed by atoms with van der Waals surface area (Å²) in [5, 5.41) is 2.75. The molecule has 6 nitrogen and oxygen atoms in total. The quantitative estimate of drug-likeness (QED) is 0.825. The van der Waals surface area contributed by atoms with Crippen molar-refractivity contribution in [2.45, 2.75) is 20.3 Å². The van der Waals surface area contributed by atoms with Gasteiger partial charge in [-0.25, -0.2) is 13.8 Å². The number of benzene rings is 1. The monoisotopic (exact) mass is 388 g/mol. The average Bonchev–Trinajstić information content (AvgIpc) is 3.05. The van der Waals surface area contributed by atoms with Crippen molar-refractivity contribution in [3.63, 3.8) is 0 Å². The van der Waals surface area contributed by atoms with Gasteiger partial charge in [0.25, 0.3) is 0 Å². The molecule has 0 bridgehead atoms. The van der Waals surface area contributed by atoms with E-state index in [1.807, 2.05) is 19.9 Å². The maximum atomic E-state index is 13.4. The van der Waals surface area contributed by atoms with E-state index in [1.54, 1.807) is 12.3 Å². The van der Waals surface area contributed by atoms with E-state index in [4.69, 9.17) is 0 Å². The first-order chi connectivity index (χ1) is 13.4. The van der Waals surface area contributed by atoms with Gasteiger partial charge in [0.15, 0.2) is 0 Å². The van der Waals surface area contributed by atoms with Crippen LogP contribution in [0.25, 0.3) is 0 Å². The Morgan fingerprint density at radius 3 is 2.46 bits per heavy atom. The third kappa shape index (κ3) is 4.27. The molecular formula is C20H22F2N4O2. The predicted octanol–water partition coefficient (Wildman–Crippen LogP) is 3.20. The van der Waals surface area contributed by atoms with E-state index in [2.05, 4.69) is 15.2 Å². The zero-order valence-corrected chi connectivity index (χ0v) is 15.8. The summed E-state index contributed by atoms with van der Waals surface area (Å²) in [7, 11) is 0. The van der Waals surface area contributed by atoms with Crippen molar-refractivity contribution in [1.82, 2.24) is 4.98 Å². The Bertz CT molecular complexity index is 849. The van der Waals surface area contributed by atoms with Crippen LogP contribution in [0.1, 0.15) is 20.3 Å². The smallest absolute Gasteiger partial charge is 0.229 e. The fraction of sp³-hybridized carbons (Fsp3) is 0.350. The molecular weight excluding hydrogens is 366 g/mol. The number of aromatic nitrogens is 1. The molecule has 148 valence electrons. The van der Waals surface area contributed by atoms with Crippen molar-refractivity contribution >= 4 is 29.0 Å². The first kappa shape index (κ1) is 19.7. The Morgan fingerprint density at radius 1 is 1.21 bits per heavy atom. The molecule has 1 aromatic carbocycles. The minimum Gasteiger partial charge on any atom is -0.357 e. The van der Waals surface area contributed by atoms with E-state index >= 15 is 0 Å². The molecule has 1 aliphatic heterocycles. The second kappa shape index (κ2) is 8.33. The molecule has 2 amide bonds. The summed E-state index contributed by atoms with van der Waals surface area (Å²) in [5.41, 5.74) is 0.645. The standard InChI is InChI=1S/C20H22F2N4O2/c1-3-25(4-2)18-6-5-16(11-23-18)24-20(28)13-7-19(27)26(12-13)17-9-14(21)8-15(22)10-17/h5-6,8-11,13H,3-4,7,12H2,1-2H3,(H,24,28). The lowest BCUT2D eigenvalue weighted by Crippen LogP contribution is -2.28. The molecule has 0 aliphatic carbocycles. The van der Waals surface area contributed by atoms with E-state index in [-0.39, 0.29) is 30.5 Å². The Labute approximate surface area is 162 Å². The molecule has 1 N–H and O–H groups in total. The topological polar surface area (TPSA) is 65.5 Å². The lowest BCUT2D eigenvalue weighted by molar-refractivity contribution is -0.122. The normalized spacial score (nSPS) is 16.4. The molecule has 28 heavy (non-hydrogen) atoms. The molecule has 1 saturated heterocycles. The van der Waals surface area contributed by atoms with Gasteiger partial charge < -0.3 is 15.1 Å². The molecule has 1 fully saturated rings. The van der Waals surface area contributed by atoms with Crippen LogP contribution in [-0.4, -0.2) is 36.4 Å². The number of hydrogen-bond acceptors (Lipinski definition) is 4. The number of rotatable bonds is 6. The second-order valence-corrected chi connectivity index (χ2v) is 6.60. The van der Waals surface area contributed by atoms with E-state index in [1.165, 1.54) is 4.90 Å². The Morgan fingerprint density at radius 2 is 1.89 bits per heavy atom. The van der Waals surface area contributed by atoms with E-state index < -0.39 is 17.6 Å².